The summed E-state index contributed by atoms with van der Waals surface area (Å²) in [7, 11) is 0. The minimum absolute atomic E-state index is 0.219. The van der Waals surface area contributed by atoms with Gasteiger partial charge in [0.15, 0.2) is 11.6 Å². The molecule has 1 saturated carbocycles. The number of anilines is 1. The average Bonchev–Trinajstić information content (AvgIpc) is 3.10. The molecule has 2 fully saturated rings. The van der Waals surface area contributed by atoms with Crippen LogP contribution in [0.4, 0.5) is 14.5 Å². The lowest BCUT2D eigenvalue weighted by Crippen LogP contribution is -2.31. The molecule has 0 amide bonds. The highest BCUT2D eigenvalue weighted by Crippen LogP contribution is 2.34. The molecular formula is C14H18F2N2. The second kappa shape index (κ2) is 4.50. The molecule has 0 spiro atoms. The summed E-state index contributed by atoms with van der Waals surface area (Å²) < 4.78 is 26.7. The zero-order valence-corrected chi connectivity index (χ0v) is 10.5. The van der Waals surface area contributed by atoms with Crippen LogP contribution in [-0.4, -0.2) is 29.6 Å². The molecule has 1 N–H and O–H groups in total. The molecule has 2 unspecified atom stereocenters. The van der Waals surface area contributed by atoms with Crippen LogP contribution >= 0.6 is 0 Å². The van der Waals surface area contributed by atoms with Crippen LogP contribution in [0.3, 0.4) is 0 Å². The minimum Gasteiger partial charge on any atom is -0.379 e. The molecular weight excluding hydrogens is 234 g/mol. The SMILES string of the molecule is CC1CC(Nc2cccc(F)c2F)CN1C1CC1. The molecule has 1 saturated heterocycles. The van der Waals surface area contributed by atoms with E-state index in [1.54, 1.807) is 6.07 Å². The van der Waals surface area contributed by atoms with Gasteiger partial charge in [0.05, 0.1) is 5.69 Å². The summed E-state index contributed by atoms with van der Waals surface area (Å²) in [5.41, 5.74) is 0.282. The lowest BCUT2D eigenvalue weighted by molar-refractivity contribution is 0.257. The zero-order chi connectivity index (χ0) is 12.7. The highest BCUT2D eigenvalue weighted by Gasteiger charge is 2.38. The van der Waals surface area contributed by atoms with Crippen molar-refractivity contribution in [3.8, 4) is 0 Å². The molecule has 2 aliphatic rings. The number of rotatable bonds is 3. The van der Waals surface area contributed by atoms with E-state index in [1.807, 2.05) is 0 Å². The lowest BCUT2D eigenvalue weighted by atomic mass is 10.2. The van der Waals surface area contributed by atoms with E-state index in [1.165, 1.54) is 18.9 Å². The van der Waals surface area contributed by atoms with Crippen LogP contribution in [0.15, 0.2) is 18.2 Å². The van der Waals surface area contributed by atoms with Gasteiger partial charge in [-0.3, -0.25) is 4.90 Å². The summed E-state index contributed by atoms with van der Waals surface area (Å²) in [6.45, 7) is 3.14. The van der Waals surface area contributed by atoms with Crippen LogP contribution in [0, 0.1) is 11.6 Å². The third kappa shape index (κ3) is 2.21. The summed E-state index contributed by atoms with van der Waals surface area (Å²) in [6, 6.07) is 5.77. The first-order chi connectivity index (χ1) is 8.65. The number of nitrogens with one attached hydrogen (secondary N) is 1. The highest BCUT2D eigenvalue weighted by atomic mass is 19.2. The van der Waals surface area contributed by atoms with E-state index in [9.17, 15) is 8.78 Å². The smallest absolute Gasteiger partial charge is 0.181 e. The lowest BCUT2D eigenvalue weighted by Gasteiger charge is -2.20. The van der Waals surface area contributed by atoms with Crippen molar-refractivity contribution in [2.24, 2.45) is 0 Å². The first kappa shape index (κ1) is 11.9. The van der Waals surface area contributed by atoms with Gasteiger partial charge in [-0.15, -0.1) is 0 Å². The molecule has 2 nitrogen and oxygen atoms in total. The van der Waals surface area contributed by atoms with Crippen LogP contribution in [0.2, 0.25) is 0 Å². The fraction of sp³-hybridized carbons (Fsp3) is 0.571. The monoisotopic (exact) mass is 252 g/mol. The average molecular weight is 252 g/mol. The van der Waals surface area contributed by atoms with Crippen molar-refractivity contribution in [1.82, 2.24) is 4.90 Å². The van der Waals surface area contributed by atoms with Gasteiger partial charge in [0.1, 0.15) is 0 Å². The standard InChI is InChI=1S/C14H18F2N2/c1-9-7-10(8-18(9)11-5-6-11)17-13-4-2-3-12(15)14(13)16/h2-4,9-11,17H,5-8H2,1H3. The Kier molecular flexibility index (Phi) is 2.98. The Morgan fingerprint density at radius 1 is 1.28 bits per heavy atom. The van der Waals surface area contributed by atoms with Crippen molar-refractivity contribution in [2.75, 3.05) is 11.9 Å². The van der Waals surface area contributed by atoms with Gasteiger partial charge in [-0.1, -0.05) is 6.07 Å². The Morgan fingerprint density at radius 3 is 2.78 bits per heavy atom. The number of halogens is 2. The van der Waals surface area contributed by atoms with Gasteiger partial charge in [0.25, 0.3) is 0 Å². The van der Waals surface area contributed by atoms with Crippen LogP contribution in [-0.2, 0) is 0 Å². The van der Waals surface area contributed by atoms with Crippen LogP contribution in [0.1, 0.15) is 26.2 Å². The summed E-state index contributed by atoms with van der Waals surface area (Å²) >= 11 is 0. The summed E-state index contributed by atoms with van der Waals surface area (Å²) in [5, 5.41) is 3.14. The second-order valence-electron chi connectivity index (χ2n) is 5.46. The van der Waals surface area contributed by atoms with Crippen LogP contribution in [0.5, 0.6) is 0 Å². The topological polar surface area (TPSA) is 15.3 Å². The van der Waals surface area contributed by atoms with Crippen molar-refractivity contribution in [3.05, 3.63) is 29.8 Å². The third-order valence-electron chi connectivity index (χ3n) is 3.95. The van der Waals surface area contributed by atoms with Gasteiger partial charge in [-0.05, 0) is 38.3 Å². The Bertz CT molecular complexity index is 445. The first-order valence-corrected chi connectivity index (χ1v) is 6.61. The Balaban J connectivity index is 1.68. The van der Waals surface area contributed by atoms with Gasteiger partial charge < -0.3 is 5.32 Å². The maximum absolute atomic E-state index is 13.6. The molecule has 1 heterocycles. The molecule has 1 aliphatic carbocycles. The maximum Gasteiger partial charge on any atom is 0.181 e. The van der Waals surface area contributed by atoms with E-state index in [0.717, 1.165) is 25.1 Å². The van der Waals surface area contributed by atoms with Crippen molar-refractivity contribution in [3.63, 3.8) is 0 Å². The van der Waals surface area contributed by atoms with Crippen LogP contribution in [0.25, 0.3) is 0 Å². The predicted octanol–water partition coefficient (Wildman–Crippen LogP) is 3.00. The highest BCUT2D eigenvalue weighted by molar-refractivity contribution is 5.46. The molecule has 18 heavy (non-hydrogen) atoms. The van der Waals surface area contributed by atoms with Gasteiger partial charge in [-0.2, -0.15) is 0 Å². The van der Waals surface area contributed by atoms with Gasteiger partial charge in [0, 0.05) is 24.7 Å². The van der Waals surface area contributed by atoms with E-state index in [4.69, 9.17) is 0 Å². The van der Waals surface area contributed by atoms with Gasteiger partial charge >= 0.3 is 0 Å². The Labute approximate surface area is 106 Å². The Morgan fingerprint density at radius 2 is 2.06 bits per heavy atom. The number of hydrogen-bond acceptors (Lipinski definition) is 2. The van der Waals surface area contributed by atoms with Crippen molar-refractivity contribution < 1.29 is 8.78 Å². The van der Waals surface area contributed by atoms with E-state index in [-0.39, 0.29) is 11.7 Å². The summed E-state index contributed by atoms with van der Waals surface area (Å²) in [5.74, 6) is -1.56. The van der Waals surface area contributed by atoms with E-state index < -0.39 is 11.6 Å². The molecule has 1 aromatic rings. The summed E-state index contributed by atoms with van der Waals surface area (Å²) in [4.78, 5) is 2.48. The van der Waals surface area contributed by atoms with Crippen molar-refractivity contribution in [2.45, 2.75) is 44.3 Å². The molecule has 1 aliphatic heterocycles. The molecule has 4 heteroatoms. The zero-order valence-electron chi connectivity index (χ0n) is 10.5. The van der Waals surface area contributed by atoms with E-state index in [0.29, 0.717) is 6.04 Å². The second-order valence-corrected chi connectivity index (χ2v) is 5.46. The number of benzene rings is 1. The third-order valence-corrected chi connectivity index (χ3v) is 3.95. The van der Waals surface area contributed by atoms with E-state index in [2.05, 4.69) is 17.1 Å². The van der Waals surface area contributed by atoms with Gasteiger partial charge in [-0.25, -0.2) is 8.78 Å². The Hall–Kier alpha value is -1.16. The fourth-order valence-electron chi connectivity index (χ4n) is 2.91. The number of likely N-dealkylation sites (tertiary alicyclic amines) is 1. The molecule has 2 atom stereocenters. The predicted molar refractivity (Wildman–Crippen MR) is 67.6 cm³/mol. The molecule has 1 aromatic carbocycles. The van der Waals surface area contributed by atoms with Crippen LogP contribution < -0.4 is 5.32 Å². The van der Waals surface area contributed by atoms with E-state index >= 15 is 0 Å². The first-order valence-electron chi connectivity index (χ1n) is 6.61. The molecule has 0 radical (unpaired) electrons. The maximum atomic E-state index is 13.6. The minimum atomic E-state index is -0.787. The largest absolute Gasteiger partial charge is 0.379 e. The fourth-order valence-corrected chi connectivity index (χ4v) is 2.91. The van der Waals surface area contributed by atoms with Gasteiger partial charge in [0.2, 0.25) is 0 Å². The van der Waals surface area contributed by atoms with Crippen molar-refractivity contribution >= 4 is 5.69 Å². The molecule has 0 bridgehead atoms. The molecule has 98 valence electrons. The molecule has 3 rings (SSSR count). The quantitative estimate of drug-likeness (QED) is 0.889. The van der Waals surface area contributed by atoms with Crippen molar-refractivity contribution in [1.29, 1.82) is 0 Å². The number of nitrogens with zero attached hydrogens (tertiary/aromatic N) is 1. The normalized spacial score (nSPS) is 28.6. The summed E-state index contributed by atoms with van der Waals surface area (Å²) in [6.07, 6.45) is 3.56. The number of hydrogen-bond donors (Lipinski definition) is 1. The molecule has 0 aromatic heterocycles.